The fraction of sp³-hybridized carbons (Fsp3) is 0.400. The van der Waals surface area contributed by atoms with E-state index in [2.05, 4.69) is 27.1 Å². The van der Waals surface area contributed by atoms with Gasteiger partial charge in [0, 0.05) is 44.5 Å². The van der Waals surface area contributed by atoms with Crippen molar-refractivity contribution in [2.75, 3.05) is 37.0 Å². The number of aryl methyl sites for hydroxylation is 1. The number of nitrogens with zero attached hydrogens (tertiary/aromatic N) is 5. The molecule has 1 aromatic carbocycles. The molecule has 6 nitrogen and oxygen atoms in total. The van der Waals surface area contributed by atoms with Crippen molar-refractivity contribution >= 4 is 23.2 Å². The van der Waals surface area contributed by atoms with Crippen molar-refractivity contribution in [2.24, 2.45) is 7.05 Å². The van der Waals surface area contributed by atoms with E-state index in [0.717, 1.165) is 43.3 Å². The van der Waals surface area contributed by atoms with E-state index in [1.807, 2.05) is 24.1 Å². The number of halogens is 1. The Morgan fingerprint density at radius 3 is 2.41 bits per heavy atom. The molecule has 22 heavy (non-hydrogen) atoms. The standard InChI is InChI=1S/C15H18ClN5O/c1-19-11-17-15(18-19)12-2-4-13(5-3-12)20-6-8-21(9-7-20)14(22)10-16/h2-5,11H,6-10H2,1H3. The van der Waals surface area contributed by atoms with Crippen LogP contribution < -0.4 is 4.90 Å². The van der Waals surface area contributed by atoms with Gasteiger partial charge >= 0.3 is 0 Å². The van der Waals surface area contributed by atoms with Crippen molar-refractivity contribution < 1.29 is 4.79 Å². The number of carbonyl (C=O) groups excluding carboxylic acids is 1. The van der Waals surface area contributed by atoms with E-state index in [9.17, 15) is 4.79 Å². The fourth-order valence-electron chi connectivity index (χ4n) is 2.59. The normalized spacial score (nSPS) is 15.2. The molecular formula is C15H18ClN5O. The number of carbonyl (C=O) groups is 1. The van der Waals surface area contributed by atoms with Crippen molar-refractivity contribution in [1.29, 1.82) is 0 Å². The summed E-state index contributed by atoms with van der Waals surface area (Å²) >= 11 is 5.60. The minimum atomic E-state index is 0.0119. The fourth-order valence-corrected chi connectivity index (χ4v) is 2.76. The van der Waals surface area contributed by atoms with Crippen LogP contribution in [0, 0.1) is 0 Å². The Balaban J connectivity index is 1.65. The molecule has 1 saturated heterocycles. The van der Waals surface area contributed by atoms with Crippen LogP contribution in [0.2, 0.25) is 0 Å². The molecule has 2 aromatic rings. The third kappa shape index (κ3) is 3.06. The minimum Gasteiger partial charge on any atom is -0.368 e. The molecule has 1 aliphatic rings. The number of aromatic nitrogens is 3. The Kier molecular flexibility index (Phi) is 4.29. The van der Waals surface area contributed by atoms with Crippen LogP contribution in [0.15, 0.2) is 30.6 Å². The van der Waals surface area contributed by atoms with Gasteiger partial charge in [-0.3, -0.25) is 9.48 Å². The molecule has 0 aliphatic carbocycles. The molecule has 0 spiro atoms. The van der Waals surface area contributed by atoms with E-state index >= 15 is 0 Å². The minimum absolute atomic E-state index is 0.0119. The van der Waals surface area contributed by atoms with Crippen LogP contribution in [0.5, 0.6) is 0 Å². The molecule has 1 aromatic heterocycles. The number of rotatable bonds is 3. The van der Waals surface area contributed by atoms with Crippen LogP contribution in [-0.2, 0) is 11.8 Å². The molecular weight excluding hydrogens is 302 g/mol. The van der Waals surface area contributed by atoms with Crippen molar-refractivity contribution in [2.45, 2.75) is 0 Å². The van der Waals surface area contributed by atoms with Crippen molar-refractivity contribution in [3.63, 3.8) is 0 Å². The lowest BCUT2D eigenvalue weighted by Crippen LogP contribution is -2.49. The third-order valence-corrected chi connectivity index (χ3v) is 4.07. The average molecular weight is 320 g/mol. The second kappa shape index (κ2) is 6.36. The molecule has 0 atom stereocenters. The molecule has 3 rings (SSSR count). The predicted octanol–water partition coefficient (Wildman–Crippen LogP) is 1.37. The van der Waals surface area contributed by atoms with Crippen LogP contribution in [-0.4, -0.2) is 57.6 Å². The molecule has 1 amide bonds. The summed E-state index contributed by atoms with van der Waals surface area (Å²) in [7, 11) is 1.85. The van der Waals surface area contributed by atoms with Gasteiger partial charge in [-0.1, -0.05) is 0 Å². The Morgan fingerprint density at radius 1 is 1.18 bits per heavy atom. The van der Waals surface area contributed by atoms with Gasteiger partial charge in [0.2, 0.25) is 5.91 Å². The Morgan fingerprint density at radius 2 is 1.86 bits per heavy atom. The van der Waals surface area contributed by atoms with E-state index in [1.165, 1.54) is 0 Å². The summed E-state index contributed by atoms with van der Waals surface area (Å²) in [5, 5.41) is 4.30. The number of amides is 1. The van der Waals surface area contributed by atoms with Crippen LogP contribution in [0.4, 0.5) is 5.69 Å². The highest BCUT2D eigenvalue weighted by Gasteiger charge is 2.20. The molecule has 0 saturated carbocycles. The quantitative estimate of drug-likeness (QED) is 0.802. The van der Waals surface area contributed by atoms with Gasteiger partial charge in [0.05, 0.1) is 0 Å². The van der Waals surface area contributed by atoms with Crippen LogP contribution >= 0.6 is 11.6 Å². The zero-order valence-electron chi connectivity index (χ0n) is 12.4. The Bertz CT molecular complexity index is 646. The van der Waals surface area contributed by atoms with Gasteiger partial charge in [0.15, 0.2) is 5.82 Å². The smallest absolute Gasteiger partial charge is 0.237 e. The molecule has 0 unspecified atom stereocenters. The molecule has 2 heterocycles. The summed E-state index contributed by atoms with van der Waals surface area (Å²) < 4.78 is 1.69. The van der Waals surface area contributed by atoms with E-state index in [-0.39, 0.29) is 11.8 Å². The molecule has 0 radical (unpaired) electrons. The summed E-state index contributed by atoms with van der Waals surface area (Å²) in [6, 6.07) is 8.21. The van der Waals surface area contributed by atoms with Gasteiger partial charge in [0.1, 0.15) is 12.2 Å². The summed E-state index contributed by atoms with van der Waals surface area (Å²) in [5.74, 6) is 0.802. The number of benzene rings is 1. The van der Waals surface area contributed by atoms with Gasteiger partial charge in [0.25, 0.3) is 0 Å². The molecule has 1 aliphatic heterocycles. The lowest BCUT2D eigenvalue weighted by Gasteiger charge is -2.35. The highest BCUT2D eigenvalue weighted by molar-refractivity contribution is 6.27. The maximum Gasteiger partial charge on any atom is 0.237 e. The van der Waals surface area contributed by atoms with Crippen LogP contribution in [0.1, 0.15) is 0 Å². The van der Waals surface area contributed by atoms with Gasteiger partial charge in [-0.25, -0.2) is 4.98 Å². The van der Waals surface area contributed by atoms with E-state index < -0.39 is 0 Å². The number of hydrogen-bond donors (Lipinski definition) is 0. The first-order chi connectivity index (χ1) is 10.7. The van der Waals surface area contributed by atoms with Gasteiger partial charge in [-0.15, -0.1) is 11.6 Å². The molecule has 1 fully saturated rings. The number of anilines is 1. The predicted molar refractivity (Wildman–Crippen MR) is 86.0 cm³/mol. The van der Waals surface area contributed by atoms with Gasteiger partial charge < -0.3 is 9.80 Å². The SMILES string of the molecule is Cn1cnc(-c2ccc(N3CCN(C(=O)CCl)CC3)cc2)n1. The molecule has 0 N–H and O–H groups in total. The zero-order valence-corrected chi connectivity index (χ0v) is 13.2. The monoisotopic (exact) mass is 319 g/mol. The maximum atomic E-state index is 11.6. The second-order valence-corrected chi connectivity index (χ2v) is 5.56. The first kappa shape index (κ1) is 14.8. The first-order valence-corrected chi connectivity index (χ1v) is 7.75. The van der Waals surface area contributed by atoms with E-state index in [0.29, 0.717) is 0 Å². The summed E-state index contributed by atoms with van der Waals surface area (Å²) in [4.78, 5) is 19.9. The number of hydrogen-bond acceptors (Lipinski definition) is 4. The number of piperazine rings is 1. The lowest BCUT2D eigenvalue weighted by molar-refractivity contribution is -0.128. The summed E-state index contributed by atoms with van der Waals surface area (Å²) in [5.41, 5.74) is 2.15. The van der Waals surface area contributed by atoms with Crippen molar-refractivity contribution in [3.05, 3.63) is 30.6 Å². The van der Waals surface area contributed by atoms with Gasteiger partial charge in [-0.05, 0) is 24.3 Å². The number of alkyl halides is 1. The molecule has 0 bridgehead atoms. The molecule has 7 heteroatoms. The average Bonchev–Trinajstić information content (AvgIpc) is 3.01. The van der Waals surface area contributed by atoms with E-state index in [1.54, 1.807) is 11.0 Å². The largest absolute Gasteiger partial charge is 0.368 e. The highest BCUT2D eigenvalue weighted by Crippen LogP contribution is 2.21. The summed E-state index contributed by atoms with van der Waals surface area (Å²) in [6.07, 6.45) is 1.69. The van der Waals surface area contributed by atoms with Crippen LogP contribution in [0.25, 0.3) is 11.4 Å². The molecule has 116 valence electrons. The Hall–Kier alpha value is -2.08. The van der Waals surface area contributed by atoms with Crippen molar-refractivity contribution in [3.8, 4) is 11.4 Å². The lowest BCUT2D eigenvalue weighted by atomic mass is 10.1. The van der Waals surface area contributed by atoms with E-state index in [4.69, 9.17) is 11.6 Å². The third-order valence-electron chi connectivity index (χ3n) is 3.84. The van der Waals surface area contributed by atoms with Crippen molar-refractivity contribution in [1.82, 2.24) is 19.7 Å². The van der Waals surface area contributed by atoms with Gasteiger partial charge in [-0.2, -0.15) is 5.10 Å². The summed E-state index contributed by atoms with van der Waals surface area (Å²) in [6.45, 7) is 3.08. The van der Waals surface area contributed by atoms with Crippen LogP contribution in [0.3, 0.4) is 0 Å². The first-order valence-electron chi connectivity index (χ1n) is 7.22. The maximum absolute atomic E-state index is 11.6. The highest BCUT2D eigenvalue weighted by atomic mass is 35.5. The second-order valence-electron chi connectivity index (χ2n) is 5.29. The topological polar surface area (TPSA) is 54.3 Å². The zero-order chi connectivity index (χ0) is 15.5. The Labute approximate surface area is 134 Å².